The Hall–Kier alpha value is -2.84. The number of phosphoric acid groups is 2. The van der Waals surface area contributed by atoms with Crippen molar-refractivity contribution >= 4 is 74.3 Å². The number of nitrogens with two attached hydrogens (primary N) is 2. The molecule has 2 fully saturated rings. The Kier molecular flexibility index (Phi) is 9.09. The molecule has 0 aliphatic carbocycles. The summed E-state index contributed by atoms with van der Waals surface area (Å²) < 4.78 is 53.3. The summed E-state index contributed by atoms with van der Waals surface area (Å²) in [4.78, 5) is 50.6. The van der Waals surface area contributed by atoms with Gasteiger partial charge in [0.05, 0.1) is 25.9 Å². The number of aromatic amines is 2. The van der Waals surface area contributed by atoms with Gasteiger partial charge in [-0.3, -0.25) is 22.7 Å². The molecule has 4 aromatic heterocycles. The number of ether oxygens (including phenoxy) is 2. The molecule has 47 heavy (non-hydrogen) atoms. The number of aliphatic hydroxyl groups excluding tert-OH is 3. The summed E-state index contributed by atoms with van der Waals surface area (Å²) in [5.74, 6) is -0.154. The van der Waals surface area contributed by atoms with Crippen molar-refractivity contribution < 1.29 is 62.2 Å². The first-order valence-electron chi connectivity index (χ1n) is 13.2. The molecule has 23 nitrogen and oxygen atoms in total. The minimum Gasteiger partial charge on any atom is -0.387 e. The molecule has 0 amide bonds. The van der Waals surface area contributed by atoms with E-state index in [4.69, 9.17) is 54.4 Å². The van der Waals surface area contributed by atoms with Gasteiger partial charge in [0.25, 0.3) is 0 Å². The van der Waals surface area contributed by atoms with Gasteiger partial charge in [-0.25, -0.2) is 19.1 Å². The number of hydrogen-bond acceptors (Lipinski definition) is 18. The number of imidazole rings is 2. The summed E-state index contributed by atoms with van der Waals surface area (Å²) in [7, 11) is -10.3. The minimum absolute atomic E-state index is 0.0418. The second kappa shape index (κ2) is 12.6. The fraction of sp³-hybridized carbons (Fsp3) is 0.500. The van der Waals surface area contributed by atoms with E-state index in [1.807, 2.05) is 0 Å². The molecular formula is C20H26N10O13P2S2. The summed E-state index contributed by atoms with van der Waals surface area (Å²) in [5, 5.41) is 32.5. The topological polar surface area (TPSA) is 347 Å². The number of phosphoric ester groups is 2. The molecule has 0 aromatic carbocycles. The van der Waals surface area contributed by atoms with E-state index in [0.717, 1.165) is 0 Å². The first kappa shape index (κ1) is 34.0. The Morgan fingerprint density at radius 2 is 1.30 bits per heavy atom. The fourth-order valence-electron chi connectivity index (χ4n) is 5.09. The molecule has 5 unspecified atom stereocenters. The minimum atomic E-state index is -5.19. The second-order valence-electron chi connectivity index (χ2n) is 10.3. The van der Waals surface area contributed by atoms with E-state index < -0.39 is 77.9 Å². The first-order valence-corrected chi connectivity index (χ1v) is 17.0. The van der Waals surface area contributed by atoms with Gasteiger partial charge in [-0.05, 0) is 0 Å². The Morgan fingerprint density at radius 3 is 1.83 bits per heavy atom. The van der Waals surface area contributed by atoms with E-state index in [9.17, 15) is 39.1 Å². The molecule has 0 bridgehead atoms. The predicted molar refractivity (Wildman–Crippen MR) is 159 cm³/mol. The lowest BCUT2D eigenvalue weighted by Gasteiger charge is -2.24. The lowest BCUT2D eigenvalue weighted by Crippen LogP contribution is -2.37. The molecule has 0 saturated carbocycles. The van der Waals surface area contributed by atoms with Gasteiger partial charge in [0.2, 0.25) is 11.9 Å². The first-order chi connectivity index (χ1) is 22.0. The van der Waals surface area contributed by atoms with Gasteiger partial charge >= 0.3 is 15.6 Å². The number of hydrogen-bond donors (Lipinski definition) is 10. The molecule has 12 N–H and O–H groups in total. The van der Waals surface area contributed by atoms with Crippen molar-refractivity contribution in [3.05, 3.63) is 21.9 Å². The maximum Gasteiger partial charge on any atom is 0.472 e. The molecule has 6 heterocycles. The largest absolute Gasteiger partial charge is 0.472 e. The van der Waals surface area contributed by atoms with Crippen molar-refractivity contribution in [3.63, 3.8) is 0 Å². The molecule has 256 valence electrons. The highest BCUT2D eigenvalue weighted by molar-refractivity contribution is 7.71. The van der Waals surface area contributed by atoms with Crippen LogP contribution >= 0.6 is 40.1 Å². The van der Waals surface area contributed by atoms with Crippen LogP contribution in [0.3, 0.4) is 0 Å². The number of nitrogens with zero attached hydrogens (tertiary/aromatic N) is 6. The summed E-state index contributed by atoms with van der Waals surface area (Å²) in [6, 6.07) is 0. The Balaban J connectivity index is 1.19. The van der Waals surface area contributed by atoms with Crippen LogP contribution in [0, 0.1) is 9.28 Å². The molecular weight excluding hydrogens is 714 g/mol. The summed E-state index contributed by atoms with van der Waals surface area (Å²) >= 11 is 10.3. The van der Waals surface area contributed by atoms with Gasteiger partial charge in [0.1, 0.15) is 56.9 Å². The SMILES string of the molecule is Nc1nc2c(ncn2[C@@H]2O[C@H](COP(=O)(O)OC3C(O)[C@H](n4cnc5c(=S)[nH]c(N)nc54)O[C@@H]3COP(=O)(O)O)C(O)C2O)c(=S)[nH]1. The molecule has 2 saturated heterocycles. The van der Waals surface area contributed by atoms with Crippen molar-refractivity contribution in [2.24, 2.45) is 0 Å². The molecule has 27 heteroatoms. The van der Waals surface area contributed by atoms with Crippen LogP contribution in [0.5, 0.6) is 0 Å². The lowest BCUT2D eigenvalue weighted by molar-refractivity contribution is -0.0582. The van der Waals surface area contributed by atoms with Gasteiger partial charge in [-0.1, -0.05) is 24.4 Å². The third-order valence-electron chi connectivity index (χ3n) is 7.16. The van der Waals surface area contributed by atoms with Crippen LogP contribution in [0.15, 0.2) is 12.7 Å². The van der Waals surface area contributed by atoms with Crippen LogP contribution in [0.1, 0.15) is 12.5 Å². The Labute approximate surface area is 270 Å². The van der Waals surface area contributed by atoms with Gasteiger partial charge in [0.15, 0.2) is 23.8 Å². The van der Waals surface area contributed by atoms with E-state index in [2.05, 4.69) is 34.4 Å². The lowest BCUT2D eigenvalue weighted by atomic mass is 10.1. The maximum absolute atomic E-state index is 13.1. The normalized spacial score (nSPS) is 29.6. The number of fused-ring (bicyclic) bond motifs is 2. The summed E-state index contributed by atoms with van der Waals surface area (Å²) in [6.45, 7) is -1.74. The third-order valence-corrected chi connectivity index (χ3v) is 9.22. The van der Waals surface area contributed by atoms with Crippen molar-refractivity contribution in [2.45, 2.75) is 49.1 Å². The Bertz CT molecular complexity index is 2040. The standard InChI is InChI=1S/C20H26N10O13P2S2/c21-19-25-13-7(15(46)27-19)23-3-29(13)17-10(32)9(31)5(41-17)1-40-45(37,38)43-12-6(2-39-44(34,35)36)42-18(11(12)33)30-4-24-8-14(30)26-20(22)28-16(8)47/h3-6,9-12,17-18,31-33H,1-2H2,(H,37,38)(H2,34,35,36)(H3,21,25,27,46)(H3,22,26,28,47)/t5-,6-,9?,10?,11?,12?,17-,18-/m1/s1. The molecule has 9 atom stereocenters. The second-order valence-corrected chi connectivity index (χ2v) is 13.7. The maximum atomic E-state index is 13.1. The zero-order valence-electron chi connectivity index (χ0n) is 23.3. The fourth-order valence-corrected chi connectivity index (χ4v) is 6.89. The number of aromatic nitrogens is 8. The van der Waals surface area contributed by atoms with Crippen molar-refractivity contribution in [3.8, 4) is 0 Å². The average Bonchev–Trinajstić information content (AvgIpc) is 3.72. The quantitative estimate of drug-likeness (QED) is 0.0663. The third kappa shape index (κ3) is 6.74. The summed E-state index contributed by atoms with van der Waals surface area (Å²) in [5.41, 5.74) is 12.0. The van der Waals surface area contributed by atoms with Crippen LogP contribution in [-0.4, -0.2) is 119 Å². The van der Waals surface area contributed by atoms with E-state index in [0.29, 0.717) is 0 Å². The van der Waals surface area contributed by atoms with Crippen LogP contribution in [0.25, 0.3) is 22.3 Å². The highest BCUT2D eigenvalue weighted by Crippen LogP contribution is 2.50. The molecule has 2 aliphatic rings. The van der Waals surface area contributed by atoms with Gasteiger partial charge in [-0.15, -0.1) is 0 Å². The molecule has 2 aliphatic heterocycles. The van der Waals surface area contributed by atoms with Crippen LogP contribution in [0.2, 0.25) is 0 Å². The number of rotatable bonds is 10. The van der Waals surface area contributed by atoms with Gasteiger partial charge < -0.3 is 60.9 Å². The predicted octanol–water partition coefficient (Wildman–Crippen LogP) is -1.36. The zero-order valence-corrected chi connectivity index (χ0v) is 26.7. The van der Waals surface area contributed by atoms with Crippen LogP contribution < -0.4 is 11.5 Å². The molecule has 6 rings (SSSR count). The number of anilines is 2. The van der Waals surface area contributed by atoms with E-state index in [-0.39, 0.29) is 43.5 Å². The van der Waals surface area contributed by atoms with Gasteiger partial charge in [0, 0.05) is 0 Å². The van der Waals surface area contributed by atoms with Crippen LogP contribution in [0.4, 0.5) is 11.9 Å². The average molecular weight is 741 g/mol. The van der Waals surface area contributed by atoms with E-state index in [1.54, 1.807) is 0 Å². The number of nitrogen functional groups attached to an aromatic ring is 2. The van der Waals surface area contributed by atoms with Crippen molar-refractivity contribution in [1.82, 2.24) is 39.0 Å². The Morgan fingerprint density at radius 1 is 0.809 bits per heavy atom. The highest BCUT2D eigenvalue weighted by atomic mass is 32.1. The van der Waals surface area contributed by atoms with Crippen LogP contribution in [-0.2, 0) is 32.2 Å². The monoisotopic (exact) mass is 740 g/mol. The number of H-pyrrole nitrogens is 2. The molecule has 4 aromatic rings. The smallest absolute Gasteiger partial charge is 0.387 e. The van der Waals surface area contributed by atoms with Gasteiger partial charge in [-0.2, -0.15) is 9.97 Å². The van der Waals surface area contributed by atoms with Crippen molar-refractivity contribution in [1.29, 1.82) is 0 Å². The van der Waals surface area contributed by atoms with E-state index >= 15 is 0 Å². The van der Waals surface area contributed by atoms with Crippen molar-refractivity contribution in [2.75, 3.05) is 24.7 Å². The number of aliphatic hydroxyl groups is 3. The highest BCUT2D eigenvalue weighted by Gasteiger charge is 2.51. The number of nitrogens with one attached hydrogen (secondary N) is 2. The van der Waals surface area contributed by atoms with E-state index in [1.165, 1.54) is 21.8 Å². The molecule has 0 spiro atoms. The zero-order chi connectivity index (χ0) is 34.0. The summed E-state index contributed by atoms with van der Waals surface area (Å²) in [6.07, 6.45) is -10.2. The molecule has 0 radical (unpaired) electrons.